The van der Waals surface area contributed by atoms with Gasteiger partial charge in [-0.1, -0.05) is 129 Å². The molecule has 0 saturated heterocycles. The smallest absolute Gasteiger partial charge is 0.334 e. The van der Waals surface area contributed by atoms with Gasteiger partial charge in [0.2, 0.25) is 0 Å². The van der Waals surface area contributed by atoms with Crippen molar-refractivity contribution in [3.8, 4) is 0 Å². The highest BCUT2D eigenvalue weighted by Gasteiger charge is 2.33. The summed E-state index contributed by atoms with van der Waals surface area (Å²) in [5.74, 6) is 0. The normalized spacial score (nSPS) is 13.8. The van der Waals surface area contributed by atoms with Crippen LogP contribution in [0.15, 0.2) is 0 Å². The minimum Gasteiger partial charge on any atom is -0.395 e. The summed E-state index contributed by atoms with van der Waals surface area (Å²) in [7, 11) is -4.27. The van der Waals surface area contributed by atoms with Gasteiger partial charge in [-0.15, -0.1) is 0 Å². The molecular formula is C38H82O5S2Si2. The van der Waals surface area contributed by atoms with Crippen molar-refractivity contribution in [3.63, 3.8) is 0 Å². The Morgan fingerprint density at radius 1 is 0.383 bits per heavy atom. The van der Waals surface area contributed by atoms with Crippen LogP contribution in [0.1, 0.15) is 183 Å². The first-order chi connectivity index (χ1) is 22.8. The summed E-state index contributed by atoms with van der Waals surface area (Å²) in [5, 5.41) is 0.972. The van der Waals surface area contributed by atoms with Gasteiger partial charge in [0.25, 0.3) is 0 Å². The Hall–Kier alpha value is 0.934. The quantitative estimate of drug-likeness (QED) is 0.0355. The predicted octanol–water partition coefficient (Wildman–Crippen LogP) is 13.9. The Bertz CT molecular complexity index is 585. The van der Waals surface area contributed by atoms with Crippen molar-refractivity contribution in [2.24, 2.45) is 0 Å². The lowest BCUT2D eigenvalue weighted by Gasteiger charge is -2.28. The molecule has 0 aromatic heterocycles. The molecule has 0 bridgehead atoms. The van der Waals surface area contributed by atoms with Crippen LogP contribution in [0.3, 0.4) is 0 Å². The van der Waals surface area contributed by atoms with Gasteiger partial charge in [-0.3, -0.25) is 0 Å². The topological polar surface area (TPSA) is 46.2 Å². The summed E-state index contributed by atoms with van der Waals surface area (Å²) in [6.07, 6.45) is 29.3. The Balaban J connectivity index is 5.08. The van der Waals surface area contributed by atoms with Gasteiger partial charge in [0, 0.05) is 61.0 Å². The van der Waals surface area contributed by atoms with E-state index in [0.29, 0.717) is 10.5 Å². The van der Waals surface area contributed by atoms with Crippen LogP contribution in [-0.4, -0.2) is 54.0 Å². The van der Waals surface area contributed by atoms with Crippen LogP contribution >= 0.6 is 24.1 Å². The minimum absolute atomic E-state index is 0.486. The molecule has 0 rings (SSSR count). The van der Waals surface area contributed by atoms with E-state index < -0.39 is 17.1 Å². The van der Waals surface area contributed by atoms with Crippen LogP contribution in [0.4, 0.5) is 0 Å². The van der Waals surface area contributed by atoms with E-state index in [9.17, 15) is 0 Å². The maximum atomic E-state index is 6.50. The molecule has 284 valence electrons. The lowest BCUT2D eigenvalue weighted by Crippen LogP contribution is -2.39. The molecule has 0 amide bonds. The average molecular weight is 739 g/mol. The van der Waals surface area contributed by atoms with E-state index in [2.05, 4.69) is 54.6 Å². The summed E-state index contributed by atoms with van der Waals surface area (Å²) in [4.78, 5) is 0. The maximum absolute atomic E-state index is 6.50. The molecule has 47 heavy (non-hydrogen) atoms. The van der Waals surface area contributed by atoms with Crippen molar-refractivity contribution in [1.82, 2.24) is 0 Å². The third-order valence-electron chi connectivity index (χ3n) is 9.25. The van der Waals surface area contributed by atoms with E-state index in [-0.39, 0.29) is 0 Å². The highest BCUT2D eigenvalue weighted by Crippen LogP contribution is 2.35. The molecule has 0 aliphatic rings. The second kappa shape index (κ2) is 34.0. The molecule has 0 N–H and O–H groups in total. The zero-order valence-electron chi connectivity index (χ0n) is 32.8. The largest absolute Gasteiger partial charge is 0.395 e. The van der Waals surface area contributed by atoms with Crippen molar-refractivity contribution in [1.29, 1.82) is 0 Å². The SMILES string of the molecule is CCCCCCCCCCCC(CC[Si](C)(OCC)OCC)SOSC(CCCCCCCCCCC)CC[Si](C)(OCC)OCC. The molecule has 0 aliphatic carbocycles. The van der Waals surface area contributed by atoms with Crippen molar-refractivity contribution >= 4 is 41.2 Å². The molecule has 0 saturated carbocycles. The highest BCUT2D eigenvalue weighted by atomic mass is 32.2. The summed E-state index contributed by atoms with van der Waals surface area (Å²) < 4.78 is 31.3. The van der Waals surface area contributed by atoms with Gasteiger partial charge >= 0.3 is 17.1 Å². The zero-order valence-corrected chi connectivity index (χ0v) is 36.4. The van der Waals surface area contributed by atoms with Gasteiger partial charge in [0.1, 0.15) is 0 Å². The first-order valence-electron chi connectivity index (χ1n) is 20.4. The molecule has 0 aromatic rings. The number of hydrogen-bond donors (Lipinski definition) is 0. The van der Waals surface area contributed by atoms with E-state index in [1.54, 1.807) is 24.1 Å². The first kappa shape index (κ1) is 47.9. The van der Waals surface area contributed by atoms with Gasteiger partial charge in [-0.05, 0) is 78.6 Å². The third-order valence-corrected chi connectivity index (χ3v) is 17.4. The van der Waals surface area contributed by atoms with Crippen LogP contribution in [0.5, 0.6) is 0 Å². The fourth-order valence-electron chi connectivity index (χ4n) is 6.42. The summed E-state index contributed by atoms with van der Waals surface area (Å²) in [6, 6.07) is 2.07. The fraction of sp³-hybridized carbons (Fsp3) is 1.00. The van der Waals surface area contributed by atoms with Crippen molar-refractivity contribution in [2.45, 2.75) is 218 Å². The van der Waals surface area contributed by atoms with Crippen molar-refractivity contribution in [3.05, 3.63) is 0 Å². The van der Waals surface area contributed by atoms with Gasteiger partial charge in [0.05, 0.1) is 0 Å². The van der Waals surface area contributed by atoms with Crippen LogP contribution in [-0.2, 0) is 21.3 Å². The highest BCUT2D eigenvalue weighted by molar-refractivity contribution is 8.08. The Morgan fingerprint density at radius 3 is 0.936 bits per heavy atom. The van der Waals surface area contributed by atoms with E-state index >= 15 is 0 Å². The summed E-state index contributed by atoms with van der Waals surface area (Å²) in [5.41, 5.74) is 0. The zero-order chi connectivity index (χ0) is 34.9. The van der Waals surface area contributed by atoms with Crippen molar-refractivity contribution < 1.29 is 21.3 Å². The standard InChI is InChI=1S/C38H82O5S2Si2/c1-9-15-17-19-21-23-25-27-29-31-37(33-35-46(7,39-11-3)40-12-4)44-43-45-38(34-36-47(8,41-13-5)42-14-6)32-30-28-26-24-22-20-18-16-10-2/h37-38H,9-36H2,1-8H3. The van der Waals surface area contributed by atoms with Gasteiger partial charge in [0.15, 0.2) is 0 Å². The van der Waals surface area contributed by atoms with Gasteiger partial charge in [-0.2, -0.15) is 0 Å². The lowest BCUT2D eigenvalue weighted by molar-refractivity contribution is 0.187. The summed E-state index contributed by atoms with van der Waals surface area (Å²) in [6.45, 7) is 20.4. The third kappa shape index (κ3) is 29.2. The Morgan fingerprint density at radius 2 is 0.660 bits per heavy atom. The van der Waals surface area contributed by atoms with Crippen LogP contribution in [0.25, 0.3) is 0 Å². The molecule has 0 radical (unpaired) electrons. The van der Waals surface area contributed by atoms with E-state index in [1.807, 2.05) is 0 Å². The Kier molecular flexibility index (Phi) is 34.7. The fourth-order valence-corrected chi connectivity index (χ4v) is 13.8. The van der Waals surface area contributed by atoms with E-state index in [1.165, 1.54) is 128 Å². The average Bonchev–Trinajstić information content (AvgIpc) is 3.04. The second-order valence-electron chi connectivity index (χ2n) is 13.8. The minimum atomic E-state index is -2.14. The number of unbranched alkanes of at least 4 members (excludes halogenated alkanes) is 16. The van der Waals surface area contributed by atoms with Crippen LogP contribution in [0.2, 0.25) is 25.2 Å². The van der Waals surface area contributed by atoms with E-state index in [0.717, 1.165) is 51.4 Å². The monoisotopic (exact) mass is 739 g/mol. The van der Waals surface area contributed by atoms with Gasteiger partial charge in [-0.25, -0.2) is 3.63 Å². The van der Waals surface area contributed by atoms with E-state index in [4.69, 9.17) is 21.3 Å². The lowest BCUT2D eigenvalue weighted by atomic mass is 10.1. The molecule has 0 spiro atoms. The molecule has 2 atom stereocenters. The second-order valence-corrected chi connectivity index (χ2v) is 22.8. The number of hydrogen-bond acceptors (Lipinski definition) is 7. The first-order valence-corrected chi connectivity index (χ1v) is 27.0. The maximum Gasteiger partial charge on any atom is 0.334 e. The van der Waals surface area contributed by atoms with Crippen molar-refractivity contribution in [2.75, 3.05) is 26.4 Å². The molecular weight excluding hydrogens is 657 g/mol. The summed E-state index contributed by atoms with van der Waals surface area (Å²) >= 11 is 3.48. The van der Waals surface area contributed by atoms with Crippen LogP contribution < -0.4 is 0 Å². The van der Waals surface area contributed by atoms with Crippen LogP contribution in [0, 0.1) is 0 Å². The molecule has 5 nitrogen and oxygen atoms in total. The van der Waals surface area contributed by atoms with Gasteiger partial charge < -0.3 is 17.7 Å². The molecule has 0 fully saturated rings. The Labute approximate surface area is 306 Å². The number of rotatable bonds is 38. The predicted molar refractivity (Wildman–Crippen MR) is 216 cm³/mol. The molecule has 0 aromatic carbocycles. The molecule has 2 unspecified atom stereocenters. The molecule has 9 heteroatoms. The molecule has 0 aliphatic heterocycles. The molecule has 0 heterocycles.